The number of hydrogen-bond donors (Lipinski definition) is 1. The lowest BCUT2D eigenvalue weighted by atomic mass is 10.1. The Morgan fingerprint density at radius 2 is 2.25 bits per heavy atom. The summed E-state index contributed by atoms with van der Waals surface area (Å²) in [5.74, 6) is 0. The predicted molar refractivity (Wildman–Crippen MR) is 54.4 cm³/mol. The van der Waals surface area contributed by atoms with E-state index < -0.39 is 0 Å². The van der Waals surface area contributed by atoms with Gasteiger partial charge in [-0.25, -0.2) is 0 Å². The van der Waals surface area contributed by atoms with Crippen LogP contribution in [-0.4, -0.2) is 0 Å². The van der Waals surface area contributed by atoms with Crippen LogP contribution in [0, 0.1) is 0 Å². The number of fused-ring (bicyclic) bond motifs is 1. The monoisotopic (exact) mass is 245 g/mol. The van der Waals surface area contributed by atoms with Crippen LogP contribution in [0.5, 0.6) is 0 Å². The second kappa shape index (κ2) is 3.02. The molecule has 1 nitrogen and oxygen atoms in total. The van der Waals surface area contributed by atoms with E-state index in [4.69, 9.17) is 17.3 Å². The maximum Gasteiger partial charge on any atom is 0.0420 e. The van der Waals surface area contributed by atoms with Crippen LogP contribution in [-0.2, 0) is 6.42 Å². The van der Waals surface area contributed by atoms with Crippen LogP contribution in [0.15, 0.2) is 16.6 Å². The molecule has 64 valence electrons. The molecule has 3 heteroatoms. The van der Waals surface area contributed by atoms with E-state index in [1.807, 2.05) is 12.1 Å². The summed E-state index contributed by atoms with van der Waals surface area (Å²) >= 11 is 9.38. The highest BCUT2D eigenvalue weighted by Gasteiger charge is 2.21. The summed E-state index contributed by atoms with van der Waals surface area (Å²) in [6.07, 6.45) is 2.09. The summed E-state index contributed by atoms with van der Waals surface area (Å²) in [5, 5.41) is 0.787. The Morgan fingerprint density at radius 1 is 1.50 bits per heavy atom. The van der Waals surface area contributed by atoms with Crippen LogP contribution in [0.3, 0.4) is 0 Å². The molecule has 1 unspecified atom stereocenters. The van der Waals surface area contributed by atoms with Gasteiger partial charge in [0.25, 0.3) is 0 Å². The first-order valence-corrected chi connectivity index (χ1v) is 5.09. The van der Waals surface area contributed by atoms with Crippen molar-refractivity contribution in [1.82, 2.24) is 0 Å². The molecule has 1 aliphatic rings. The van der Waals surface area contributed by atoms with Gasteiger partial charge in [0.05, 0.1) is 0 Å². The van der Waals surface area contributed by atoms with E-state index in [1.165, 1.54) is 11.1 Å². The van der Waals surface area contributed by atoms with Crippen LogP contribution >= 0.6 is 27.5 Å². The van der Waals surface area contributed by atoms with Crippen molar-refractivity contribution < 1.29 is 0 Å². The highest BCUT2D eigenvalue weighted by molar-refractivity contribution is 9.10. The summed E-state index contributed by atoms with van der Waals surface area (Å²) in [6, 6.07) is 4.10. The Kier molecular flexibility index (Phi) is 2.15. The minimum atomic E-state index is 0.187. The van der Waals surface area contributed by atoms with Crippen molar-refractivity contribution >= 4 is 27.5 Å². The normalized spacial score (nSPS) is 21.1. The average Bonchev–Trinajstić information content (AvgIpc) is 2.31. The fourth-order valence-electron chi connectivity index (χ4n) is 1.72. The van der Waals surface area contributed by atoms with Gasteiger partial charge in [0.2, 0.25) is 0 Å². The minimum absolute atomic E-state index is 0.187. The van der Waals surface area contributed by atoms with Crippen molar-refractivity contribution in [2.45, 2.75) is 18.9 Å². The molecule has 1 aromatic rings. The molecule has 1 atom stereocenters. The zero-order chi connectivity index (χ0) is 8.72. The lowest BCUT2D eigenvalue weighted by Crippen LogP contribution is -2.05. The third-order valence-corrected chi connectivity index (χ3v) is 3.15. The van der Waals surface area contributed by atoms with E-state index in [2.05, 4.69) is 15.9 Å². The summed E-state index contributed by atoms with van der Waals surface area (Å²) in [4.78, 5) is 0. The summed E-state index contributed by atoms with van der Waals surface area (Å²) in [7, 11) is 0. The van der Waals surface area contributed by atoms with Gasteiger partial charge in [0.1, 0.15) is 0 Å². The van der Waals surface area contributed by atoms with Gasteiger partial charge in [-0.3, -0.25) is 0 Å². The topological polar surface area (TPSA) is 26.0 Å². The van der Waals surface area contributed by atoms with Gasteiger partial charge in [0, 0.05) is 15.5 Å². The number of hydrogen-bond acceptors (Lipinski definition) is 1. The van der Waals surface area contributed by atoms with Crippen molar-refractivity contribution in [3.8, 4) is 0 Å². The van der Waals surface area contributed by atoms with Gasteiger partial charge in [-0.1, -0.05) is 27.5 Å². The molecule has 0 amide bonds. The standard InChI is InChI=1S/C9H9BrClN/c10-7-4-6(11)3-5-1-2-8(12)9(5)7/h3-4,8H,1-2,12H2. The van der Waals surface area contributed by atoms with Gasteiger partial charge in [0.15, 0.2) is 0 Å². The van der Waals surface area contributed by atoms with Crippen LogP contribution in [0.4, 0.5) is 0 Å². The Morgan fingerprint density at radius 3 is 3.00 bits per heavy atom. The van der Waals surface area contributed by atoms with Crippen LogP contribution in [0.25, 0.3) is 0 Å². The Bertz CT molecular complexity index is 325. The quantitative estimate of drug-likeness (QED) is 0.748. The second-order valence-electron chi connectivity index (χ2n) is 3.11. The molecule has 0 radical (unpaired) electrons. The molecule has 0 aromatic heterocycles. The predicted octanol–water partition coefficient (Wildman–Crippen LogP) is 3.05. The molecular formula is C9H9BrClN. The lowest BCUT2D eigenvalue weighted by Gasteiger charge is -2.07. The fourth-order valence-corrected chi connectivity index (χ4v) is 2.88. The lowest BCUT2D eigenvalue weighted by molar-refractivity contribution is 0.711. The molecule has 1 aromatic carbocycles. The van der Waals surface area contributed by atoms with E-state index in [1.54, 1.807) is 0 Å². The maximum atomic E-state index is 5.92. The molecule has 0 spiro atoms. The number of halogens is 2. The fraction of sp³-hybridized carbons (Fsp3) is 0.333. The summed E-state index contributed by atoms with van der Waals surface area (Å²) in [6.45, 7) is 0. The Labute approximate surface area is 85.0 Å². The van der Waals surface area contributed by atoms with Crippen LogP contribution in [0.1, 0.15) is 23.6 Å². The van der Waals surface area contributed by atoms with Crippen molar-refractivity contribution in [3.05, 3.63) is 32.8 Å². The van der Waals surface area contributed by atoms with Crippen molar-refractivity contribution in [1.29, 1.82) is 0 Å². The molecule has 1 aliphatic carbocycles. The molecule has 12 heavy (non-hydrogen) atoms. The summed E-state index contributed by atoms with van der Waals surface area (Å²) < 4.78 is 1.05. The molecule has 0 heterocycles. The van der Waals surface area contributed by atoms with Gasteiger partial charge in [-0.2, -0.15) is 0 Å². The van der Waals surface area contributed by atoms with Crippen molar-refractivity contribution in [3.63, 3.8) is 0 Å². The molecule has 2 rings (SSSR count). The number of rotatable bonds is 0. The van der Waals surface area contributed by atoms with Gasteiger partial charge in [-0.15, -0.1) is 0 Å². The third kappa shape index (κ3) is 1.28. The molecular weight excluding hydrogens is 237 g/mol. The highest BCUT2D eigenvalue weighted by Crippen LogP contribution is 2.36. The van der Waals surface area contributed by atoms with E-state index in [0.29, 0.717) is 0 Å². The van der Waals surface area contributed by atoms with E-state index >= 15 is 0 Å². The minimum Gasteiger partial charge on any atom is -0.324 e. The zero-order valence-electron chi connectivity index (χ0n) is 6.48. The van der Waals surface area contributed by atoms with E-state index in [-0.39, 0.29) is 6.04 Å². The van der Waals surface area contributed by atoms with Crippen LogP contribution in [0.2, 0.25) is 5.02 Å². The van der Waals surface area contributed by atoms with Crippen LogP contribution < -0.4 is 5.73 Å². The Balaban J connectivity index is 2.60. The smallest absolute Gasteiger partial charge is 0.0420 e. The average molecular weight is 247 g/mol. The first-order valence-electron chi connectivity index (χ1n) is 3.92. The zero-order valence-corrected chi connectivity index (χ0v) is 8.82. The van der Waals surface area contributed by atoms with Crippen molar-refractivity contribution in [2.24, 2.45) is 5.73 Å². The molecule has 0 aliphatic heterocycles. The van der Waals surface area contributed by atoms with E-state index in [9.17, 15) is 0 Å². The Hall–Kier alpha value is -0.0500. The number of nitrogens with two attached hydrogens (primary N) is 1. The van der Waals surface area contributed by atoms with E-state index in [0.717, 1.165) is 22.3 Å². The third-order valence-electron chi connectivity index (χ3n) is 2.28. The molecule has 0 saturated carbocycles. The molecule has 0 saturated heterocycles. The largest absolute Gasteiger partial charge is 0.324 e. The van der Waals surface area contributed by atoms with Gasteiger partial charge in [-0.05, 0) is 36.1 Å². The van der Waals surface area contributed by atoms with Gasteiger partial charge >= 0.3 is 0 Å². The first kappa shape index (κ1) is 8.54. The van der Waals surface area contributed by atoms with Gasteiger partial charge < -0.3 is 5.73 Å². The number of aryl methyl sites for hydroxylation is 1. The summed E-state index contributed by atoms with van der Waals surface area (Å²) in [5.41, 5.74) is 8.45. The van der Waals surface area contributed by atoms with Crippen molar-refractivity contribution in [2.75, 3.05) is 0 Å². The molecule has 2 N–H and O–H groups in total. The molecule has 0 bridgehead atoms. The first-order chi connectivity index (χ1) is 5.68. The molecule has 0 fully saturated rings. The number of benzene rings is 1. The maximum absolute atomic E-state index is 5.92. The second-order valence-corrected chi connectivity index (χ2v) is 4.40. The highest BCUT2D eigenvalue weighted by atomic mass is 79.9. The SMILES string of the molecule is NC1CCc2cc(Cl)cc(Br)c21.